The highest BCUT2D eigenvalue weighted by molar-refractivity contribution is 5.95. The van der Waals surface area contributed by atoms with Crippen molar-refractivity contribution in [1.29, 1.82) is 0 Å². The Balaban J connectivity index is 0.00000176. The zero-order chi connectivity index (χ0) is 20.7. The second-order valence-electron chi connectivity index (χ2n) is 7.88. The van der Waals surface area contributed by atoms with Crippen LogP contribution in [0.25, 0.3) is 10.8 Å². The van der Waals surface area contributed by atoms with Gasteiger partial charge in [0.2, 0.25) is 0 Å². The summed E-state index contributed by atoms with van der Waals surface area (Å²) in [6, 6.07) is 11.6. The quantitative estimate of drug-likeness (QED) is 0.398. The van der Waals surface area contributed by atoms with Crippen molar-refractivity contribution in [2.75, 3.05) is 0 Å². The molecule has 1 atom stereocenters. The van der Waals surface area contributed by atoms with Gasteiger partial charge >= 0.3 is 5.97 Å². The van der Waals surface area contributed by atoms with Crippen molar-refractivity contribution in [3.63, 3.8) is 0 Å². The Hall–Kier alpha value is -2.03. The van der Waals surface area contributed by atoms with Gasteiger partial charge in [0.1, 0.15) is 17.1 Å². The largest absolute Gasteiger partial charge is 0.488 e. The summed E-state index contributed by atoms with van der Waals surface area (Å²) in [7, 11) is 0. The van der Waals surface area contributed by atoms with E-state index < -0.39 is 5.41 Å². The van der Waals surface area contributed by atoms with Gasteiger partial charge in [0.15, 0.2) is 0 Å². The van der Waals surface area contributed by atoms with Crippen molar-refractivity contribution >= 4 is 16.7 Å². The van der Waals surface area contributed by atoms with E-state index in [4.69, 9.17) is 9.47 Å². The second kappa shape index (κ2) is 9.77. The van der Waals surface area contributed by atoms with Crippen LogP contribution in [0.15, 0.2) is 36.4 Å². The molecule has 0 aliphatic carbocycles. The molecule has 0 N–H and O–H groups in total. The summed E-state index contributed by atoms with van der Waals surface area (Å²) in [5.74, 6) is 1.24. The Morgan fingerprint density at radius 1 is 0.889 bits per heavy atom. The van der Waals surface area contributed by atoms with Crippen LogP contribution in [-0.4, -0.2) is 11.6 Å². The molecule has 3 nitrogen and oxygen atoms in total. The Kier molecular flexibility index (Phi) is 8.33. The molecule has 27 heavy (non-hydrogen) atoms. The van der Waals surface area contributed by atoms with Crippen molar-refractivity contribution in [3.05, 3.63) is 36.4 Å². The lowest BCUT2D eigenvalue weighted by Crippen LogP contribution is -2.31. The van der Waals surface area contributed by atoms with E-state index in [0.717, 1.165) is 35.8 Å². The normalized spacial score (nSPS) is 13.3. The van der Waals surface area contributed by atoms with Crippen molar-refractivity contribution in [2.24, 2.45) is 5.41 Å². The minimum absolute atomic E-state index is 0.161. The zero-order valence-corrected chi connectivity index (χ0v) is 18.3. The van der Waals surface area contributed by atoms with Crippen molar-refractivity contribution < 1.29 is 14.3 Å². The molecule has 2 rings (SSSR count). The molecule has 0 bridgehead atoms. The van der Waals surface area contributed by atoms with E-state index in [1.165, 1.54) is 0 Å². The summed E-state index contributed by atoms with van der Waals surface area (Å²) in [5, 5.41) is 1.85. The van der Waals surface area contributed by atoms with E-state index in [1.807, 2.05) is 84.9 Å². The molecule has 0 saturated heterocycles. The molecule has 150 valence electrons. The highest BCUT2D eigenvalue weighted by atomic mass is 16.5. The topological polar surface area (TPSA) is 35.5 Å². The summed E-state index contributed by atoms with van der Waals surface area (Å²) in [4.78, 5) is 12.8. The number of esters is 1. The highest BCUT2D eigenvalue weighted by Gasteiger charge is 2.32. The molecule has 2 aromatic rings. The average molecular weight is 373 g/mol. The molecule has 0 aliphatic rings. The Morgan fingerprint density at radius 2 is 1.41 bits per heavy atom. The van der Waals surface area contributed by atoms with Gasteiger partial charge in [0, 0.05) is 10.8 Å². The van der Waals surface area contributed by atoms with Gasteiger partial charge in [-0.25, -0.2) is 0 Å². The summed E-state index contributed by atoms with van der Waals surface area (Å²) in [6.45, 7) is 16.2. The van der Waals surface area contributed by atoms with Crippen molar-refractivity contribution in [1.82, 2.24) is 0 Å². The van der Waals surface area contributed by atoms with E-state index >= 15 is 0 Å². The zero-order valence-electron chi connectivity index (χ0n) is 18.3. The molecule has 3 heteroatoms. The molecule has 0 heterocycles. The minimum Gasteiger partial charge on any atom is -0.488 e. The monoisotopic (exact) mass is 372 g/mol. The number of fused-ring (bicyclic) bond motifs is 1. The summed E-state index contributed by atoms with van der Waals surface area (Å²) in [5.41, 5.74) is -0.737. The van der Waals surface area contributed by atoms with Crippen LogP contribution in [0.2, 0.25) is 0 Å². The molecule has 0 saturated carbocycles. The number of ether oxygens (including phenoxy) is 2. The van der Waals surface area contributed by atoms with Gasteiger partial charge in [-0.05, 0) is 52.7 Å². The molecule has 0 spiro atoms. The molecular formula is C24H36O3. The standard InChI is InChI=1S/C22H30O3.C2H6/c1-7-15-22(6,8-2)20(23)24-18-13-9-12-17-16(18)11-10-14-19(17)25-21(3,4)5;1-2/h9-14H,7-8,15H2,1-6H3;1-2H3. The van der Waals surface area contributed by atoms with Crippen molar-refractivity contribution in [2.45, 2.75) is 80.3 Å². The molecule has 1 unspecified atom stereocenters. The average Bonchev–Trinajstić information content (AvgIpc) is 2.63. The van der Waals surface area contributed by atoms with Gasteiger partial charge in [0.05, 0.1) is 5.41 Å². The maximum Gasteiger partial charge on any atom is 0.317 e. The SMILES string of the molecule is CC.CCCC(C)(CC)C(=O)Oc1cccc2c(OC(C)(C)C)cccc12. The van der Waals surface area contributed by atoms with Gasteiger partial charge in [-0.3, -0.25) is 4.79 Å². The number of carbonyl (C=O) groups is 1. The Bertz CT molecular complexity index is 743. The molecule has 0 aromatic heterocycles. The summed E-state index contributed by atoms with van der Waals surface area (Å²) in [6.07, 6.45) is 2.55. The maximum absolute atomic E-state index is 12.8. The predicted octanol–water partition coefficient (Wildman–Crippen LogP) is 7.17. The van der Waals surface area contributed by atoms with Gasteiger partial charge in [-0.1, -0.05) is 58.4 Å². The van der Waals surface area contributed by atoms with Crippen LogP contribution >= 0.6 is 0 Å². The minimum atomic E-state index is -0.448. The van der Waals surface area contributed by atoms with Crippen LogP contribution in [0.3, 0.4) is 0 Å². The van der Waals surface area contributed by atoms with E-state index in [9.17, 15) is 4.79 Å². The highest BCUT2D eigenvalue weighted by Crippen LogP contribution is 2.36. The fourth-order valence-corrected chi connectivity index (χ4v) is 2.96. The third kappa shape index (κ3) is 5.98. The number of carbonyl (C=O) groups excluding carboxylic acids is 1. The van der Waals surface area contributed by atoms with Crippen molar-refractivity contribution in [3.8, 4) is 11.5 Å². The molecule has 0 radical (unpaired) electrons. The van der Waals surface area contributed by atoms with Crippen LogP contribution in [-0.2, 0) is 4.79 Å². The molecule has 2 aromatic carbocycles. The Morgan fingerprint density at radius 3 is 1.89 bits per heavy atom. The molecule has 0 fully saturated rings. The molecule has 0 aliphatic heterocycles. The van der Waals surface area contributed by atoms with E-state index in [2.05, 4.69) is 6.92 Å². The lowest BCUT2D eigenvalue weighted by atomic mass is 9.83. The predicted molar refractivity (Wildman–Crippen MR) is 115 cm³/mol. The van der Waals surface area contributed by atoms with Gasteiger partial charge in [-0.15, -0.1) is 0 Å². The second-order valence-corrected chi connectivity index (χ2v) is 7.88. The number of hydrogen-bond donors (Lipinski definition) is 0. The summed E-state index contributed by atoms with van der Waals surface area (Å²) < 4.78 is 11.9. The van der Waals surface area contributed by atoms with E-state index in [0.29, 0.717) is 5.75 Å². The maximum atomic E-state index is 12.8. The first kappa shape index (κ1) is 23.0. The van der Waals surface area contributed by atoms with E-state index in [1.54, 1.807) is 0 Å². The lowest BCUT2D eigenvalue weighted by molar-refractivity contribution is -0.145. The lowest BCUT2D eigenvalue weighted by Gasteiger charge is -2.26. The van der Waals surface area contributed by atoms with Gasteiger partial charge in [0.25, 0.3) is 0 Å². The fraction of sp³-hybridized carbons (Fsp3) is 0.542. The number of hydrogen-bond acceptors (Lipinski definition) is 3. The van der Waals surface area contributed by atoms with Gasteiger partial charge < -0.3 is 9.47 Å². The first-order valence-corrected chi connectivity index (χ1v) is 10.1. The molecule has 0 amide bonds. The number of rotatable bonds is 6. The Labute approximate surface area is 165 Å². The summed E-state index contributed by atoms with van der Waals surface area (Å²) >= 11 is 0. The molecular weight excluding hydrogens is 336 g/mol. The first-order valence-electron chi connectivity index (χ1n) is 10.1. The van der Waals surface area contributed by atoms with E-state index in [-0.39, 0.29) is 11.6 Å². The van der Waals surface area contributed by atoms with Crippen LogP contribution in [0.4, 0.5) is 0 Å². The van der Waals surface area contributed by atoms with Crippen LogP contribution < -0.4 is 9.47 Å². The first-order chi connectivity index (χ1) is 12.7. The van der Waals surface area contributed by atoms with Gasteiger partial charge in [-0.2, -0.15) is 0 Å². The number of benzene rings is 2. The fourth-order valence-electron chi connectivity index (χ4n) is 2.96. The van der Waals surface area contributed by atoms with Crippen LogP contribution in [0.1, 0.15) is 74.7 Å². The van der Waals surface area contributed by atoms with Crippen LogP contribution in [0.5, 0.6) is 11.5 Å². The third-order valence-corrected chi connectivity index (χ3v) is 4.54. The smallest absolute Gasteiger partial charge is 0.317 e. The third-order valence-electron chi connectivity index (χ3n) is 4.54. The van der Waals surface area contributed by atoms with Crippen LogP contribution in [0, 0.1) is 5.41 Å².